The third kappa shape index (κ3) is 6.29. The maximum absolute atomic E-state index is 13.3. The van der Waals surface area contributed by atoms with E-state index in [0.29, 0.717) is 35.6 Å². The normalized spacial score (nSPS) is 14.4. The lowest BCUT2D eigenvalue weighted by Gasteiger charge is -2.29. The average molecular weight is 560 g/mol. The molecule has 0 spiro atoms. The van der Waals surface area contributed by atoms with Crippen molar-refractivity contribution in [1.29, 1.82) is 0 Å². The number of pyridine rings is 1. The Labute approximate surface area is 218 Å². The van der Waals surface area contributed by atoms with Crippen LogP contribution in [0.4, 0.5) is 19.0 Å². The van der Waals surface area contributed by atoms with Crippen LogP contribution in [0.1, 0.15) is 47.8 Å². The highest BCUT2D eigenvalue weighted by atomic mass is 32.2. The highest BCUT2D eigenvalue weighted by Crippen LogP contribution is 2.39. The molecule has 1 fully saturated rings. The topological polar surface area (TPSA) is 125 Å². The van der Waals surface area contributed by atoms with Gasteiger partial charge in [-0.3, -0.25) is 4.99 Å². The first kappa shape index (κ1) is 29.0. The average Bonchev–Trinajstić information content (AvgIpc) is 2.83. The summed E-state index contributed by atoms with van der Waals surface area (Å²) in [6.45, 7) is 1.52. The van der Waals surface area contributed by atoms with Gasteiger partial charge in [-0.25, -0.2) is 9.78 Å². The molecule has 3 rings (SSSR count). The van der Waals surface area contributed by atoms with Crippen molar-refractivity contribution in [2.75, 3.05) is 33.2 Å². The molecule has 38 heavy (non-hydrogen) atoms. The van der Waals surface area contributed by atoms with E-state index in [9.17, 15) is 26.4 Å². The number of esters is 1. The molecule has 0 aliphatic heterocycles. The fraction of sp³-hybridized carbons (Fsp3) is 0.458. The van der Waals surface area contributed by atoms with Crippen molar-refractivity contribution >= 4 is 27.6 Å². The fourth-order valence-corrected chi connectivity index (χ4v) is 4.26. The lowest BCUT2D eigenvalue weighted by molar-refractivity contribution is -0.0500. The summed E-state index contributed by atoms with van der Waals surface area (Å²) in [5, 5.41) is 2.99. The van der Waals surface area contributed by atoms with Crippen LogP contribution in [0.5, 0.6) is 17.2 Å². The van der Waals surface area contributed by atoms with Crippen LogP contribution in [0.3, 0.4) is 0 Å². The van der Waals surface area contributed by atoms with Gasteiger partial charge in [-0.1, -0.05) is 6.42 Å². The van der Waals surface area contributed by atoms with E-state index in [2.05, 4.69) is 19.5 Å². The monoisotopic (exact) mass is 559 g/mol. The first-order chi connectivity index (χ1) is 17.9. The van der Waals surface area contributed by atoms with Crippen molar-refractivity contribution < 1.29 is 44.8 Å². The molecule has 0 bridgehead atoms. The Balaban J connectivity index is 2.18. The minimum atomic E-state index is -6.08. The Bertz CT molecular complexity index is 1310. The highest BCUT2D eigenvalue weighted by molar-refractivity contribution is 7.88. The van der Waals surface area contributed by atoms with Crippen LogP contribution in [0, 0.1) is 5.92 Å². The van der Waals surface area contributed by atoms with Crippen molar-refractivity contribution in [3.8, 4) is 17.2 Å². The number of hydrogen-bond donors (Lipinski definition) is 1. The number of alkyl halides is 3. The number of nitrogens with one attached hydrogen (secondary N) is 1. The van der Waals surface area contributed by atoms with Crippen LogP contribution < -0.4 is 19.0 Å². The van der Waals surface area contributed by atoms with Crippen molar-refractivity contribution in [3.05, 3.63) is 41.1 Å². The Morgan fingerprint density at radius 1 is 1.16 bits per heavy atom. The third-order valence-corrected chi connectivity index (χ3v) is 6.85. The van der Waals surface area contributed by atoms with Crippen molar-refractivity contribution in [2.45, 2.75) is 38.2 Å². The number of halogens is 3. The summed E-state index contributed by atoms with van der Waals surface area (Å²) in [4.78, 5) is 21.0. The van der Waals surface area contributed by atoms with Gasteiger partial charge in [0, 0.05) is 37.2 Å². The van der Waals surface area contributed by atoms with Crippen LogP contribution in [-0.2, 0) is 21.4 Å². The van der Waals surface area contributed by atoms with Crippen molar-refractivity contribution in [2.24, 2.45) is 10.9 Å². The van der Waals surface area contributed by atoms with Gasteiger partial charge in [0.2, 0.25) is 0 Å². The number of carbonyl (C=O) groups is 1. The zero-order chi connectivity index (χ0) is 28.1. The number of carbonyl (C=O) groups excluding carboxylic acids is 1. The number of benzene rings is 1. The van der Waals surface area contributed by atoms with E-state index in [1.165, 1.54) is 28.2 Å². The minimum Gasteiger partial charge on any atom is -0.497 e. The predicted molar refractivity (Wildman–Crippen MR) is 132 cm³/mol. The molecular formula is C24H28F3N3O7S. The third-order valence-electron chi connectivity index (χ3n) is 5.88. The van der Waals surface area contributed by atoms with Crippen LogP contribution >= 0.6 is 0 Å². The molecule has 1 aliphatic carbocycles. The van der Waals surface area contributed by atoms with E-state index in [0.717, 1.165) is 12.5 Å². The SMILES string of the molecule is CCOC(=O)c1cc(OS(=O)(=O)C(F)(F)F)c(C(=NC)C2CCC2)c(NCc2ccc(OC)cc2OC)n1. The summed E-state index contributed by atoms with van der Waals surface area (Å²) in [6.07, 6.45) is 2.23. The van der Waals surface area contributed by atoms with Gasteiger partial charge in [0.1, 0.15) is 17.3 Å². The largest absolute Gasteiger partial charge is 0.534 e. The number of nitrogens with zero attached hydrogens (tertiary/aromatic N) is 2. The van der Waals surface area contributed by atoms with Crippen LogP contribution in [0.15, 0.2) is 29.3 Å². The Hall–Kier alpha value is -3.55. The Kier molecular flexibility index (Phi) is 9.07. The molecule has 2 aromatic rings. The van der Waals surface area contributed by atoms with Crippen LogP contribution in [0.25, 0.3) is 0 Å². The van der Waals surface area contributed by atoms with E-state index in [1.54, 1.807) is 18.2 Å². The molecule has 0 radical (unpaired) electrons. The van der Waals surface area contributed by atoms with E-state index in [1.807, 2.05) is 0 Å². The predicted octanol–water partition coefficient (Wildman–Crippen LogP) is 4.34. The molecule has 10 nitrogen and oxygen atoms in total. The van der Waals surface area contributed by atoms with Gasteiger partial charge in [0.25, 0.3) is 0 Å². The summed E-state index contributed by atoms with van der Waals surface area (Å²) in [7, 11) is -1.70. The lowest BCUT2D eigenvalue weighted by Crippen LogP contribution is -2.30. The van der Waals surface area contributed by atoms with E-state index in [-0.39, 0.29) is 30.5 Å². The molecule has 14 heteroatoms. The Morgan fingerprint density at radius 2 is 1.87 bits per heavy atom. The molecule has 1 heterocycles. The second-order valence-electron chi connectivity index (χ2n) is 8.20. The molecule has 1 aliphatic rings. The molecular weight excluding hydrogens is 531 g/mol. The molecule has 0 unspecified atom stereocenters. The standard InChI is InChI=1S/C24H28F3N3O7S/c1-5-36-23(31)17-12-19(37-38(32,33)24(25,26)27)20(21(28-2)14-7-6-8-14)22(30-17)29-13-15-9-10-16(34-3)11-18(15)35-4/h9-12,14H,5-8,13H2,1-4H3,(H,29,30). The van der Waals surface area contributed by atoms with Crippen LogP contribution in [0.2, 0.25) is 0 Å². The Morgan fingerprint density at radius 3 is 2.39 bits per heavy atom. The molecule has 0 saturated heterocycles. The number of methoxy groups -OCH3 is 2. The second kappa shape index (κ2) is 11.9. The van der Waals surface area contributed by atoms with Gasteiger partial charge in [-0.2, -0.15) is 21.6 Å². The molecule has 1 N–H and O–H groups in total. The molecule has 0 atom stereocenters. The first-order valence-corrected chi connectivity index (χ1v) is 13.0. The summed E-state index contributed by atoms with van der Waals surface area (Å²) < 4.78 is 83.9. The molecule has 1 aromatic heterocycles. The summed E-state index contributed by atoms with van der Waals surface area (Å²) in [5.41, 5.74) is -5.33. The molecule has 1 aromatic carbocycles. The zero-order valence-electron chi connectivity index (χ0n) is 21.2. The van der Waals surface area contributed by atoms with Gasteiger partial charge in [-0.05, 0) is 31.9 Å². The number of anilines is 1. The zero-order valence-corrected chi connectivity index (χ0v) is 22.0. The van der Waals surface area contributed by atoms with Crippen LogP contribution in [-0.4, -0.2) is 58.5 Å². The maximum Gasteiger partial charge on any atom is 0.534 e. The van der Waals surface area contributed by atoms with Gasteiger partial charge < -0.3 is 23.7 Å². The van der Waals surface area contributed by atoms with E-state index < -0.39 is 33.0 Å². The van der Waals surface area contributed by atoms with Gasteiger partial charge in [0.05, 0.1) is 32.1 Å². The number of rotatable bonds is 11. The maximum atomic E-state index is 13.3. The summed E-state index contributed by atoms with van der Waals surface area (Å²) in [6, 6.07) is 5.84. The van der Waals surface area contributed by atoms with Crippen molar-refractivity contribution in [1.82, 2.24) is 4.98 Å². The summed E-state index contributed by atoms with van der Waals surface area (Å²) >= 11 is 0. The number of hydrogen-bond acceptors (Lipinski definition) is 10. The van der Waals surface area contributed by atoms with Gasteiger partial charge in [-0.15, -0.1) is 0 Å². The molecule has 208 valence electrons. The smallest absolute Gasteiger partial charge is 0.497 e. The first-order valence-electron chi connectivity index (χ1n) is 11.6. The van der Waals surface area contributed by atoms with Gasteiger partial charge >= 0.3 is 21.6 Å². The number of ether oxygens (including phenoxy) is 3. The minimum absolute atomic E-state index is 0.0343. The summed E-state index contributed by atoms with van der Waals surface area (Å²) in [5.74, 6) is -1.00. The fourth-order valence-electron chi connectivity index (χ4n) is 3.79. The lowest BCUT2D eigenvalue weighted by atomic mass is 9.79. The molecule has 1 saturated carbocycles. The van der Waals surface area contributed by atoms with Crippen molar-refractivity contribution in [3.63, 3.8) is 0 Å². The van der Waals surface area contributed by atoms with E-state index >= 15 is 0 Å². The van der Waals surface area contributed by atoms with E-state index in [4.69, 9.17) is 14.2 Å². The quantitative estimate of drug-likeness (QED) is 0.185. The number of aromatic nitrogens is 1. The molecule has 0 amide bonds. The highest BCUT2D eigenvalue weighted by Gasteiger charge is 2.49. The van der Waals surface area contributed by atoms with Gasteiger partial charge in [0.15, 0.2) is 11.4 Å². The number of aliphatic imine (C=N–C) groups is 1. The second-order valence-corrected chi connectivity index (χ2v) is 9.74.